The summed E-state index contributed by atoms with van der Waals surface area (Å²) in [4.78, 5) is 23.1. The topological polar surface area (TPSA) is 106 Å². The Balaban J connectivity index is 2.74. The summed E-state index contributed by atoms with van der Waals surface area (Å²) < 4.78 is 24.2. The number of nitrogens with two attached hydrogens (primary N) is 1. The van der Waals surface area contributed by atoms with Crippen molar-refractivity contribution in [1.29, 1.82) is 0 Å². The Hall–Kier alpha value is -1.89. The molecule has 1 aromatic carbocycles. The van der Waals surface area contributed by atoms with Crippen LogP contribution in [0, 0.1) is 5.92 Å². The van der Waals surface area contributed by atoms with Crippen LogP contribution in [0.3, 0.4) is 0 Å². The van der Waals surface area contributed by atoms with E-state index in [-0.39, 0.29) is 28.9 Å². The summed E-state index contributed by atoms with van der Waals surface area (Å²) in [7, 11) is -3.50. The van der Waals surface area contributed by atoms with Crippen LogP contribution in [0.4, 0.5) is 0 Å². The number of nitrogens with one attached hydrogen (secondary N) is 1. The van der Waals surface area contributed by atoms with Gasteiger partial charge >= 0.3 is 0 Å². The van der Waals surface area contributed by atoms with Crippen LogP contribution >= 0.6 is 0 Å². The lowest BCUT2D eigenvalue weighted by molar-refractivity contribution is -0.129. The first-order valence-corrected chi connectivity index (χ1v) is 8.26. The molecule has 1 aromatic rings. The Labute approximate surface area is 124 Å². The van der Waals surface area contributed by atoms with Gasteiger partial charge in [-0.3, -0.25) is 9.59 Å². The minimum Gasteiger partial charge on any atom is -0.368 e. The number of carbonyl (C=O) groups is 2. The van der Waals surface area contributed by atoms with Crippen LogP contribution in [0.2, 0.25) is 0 Å². The molecule has 0 spiro atoms. The average molecular weight is 312 g/mol. The SMILES string of the molecule is CC(C)C(=O)N[C@@H](CCS(=O)(=O)c1ccccc1)C(N)=O. The Bertz CT molecular complexity index is 597. The number of primary amides is 1. The largest absolute Gasteiger partial charge is 0.368 e. The van der Waals surface area contributed by atoms with Gasteiger partial charge in [0.05, 0.1) is 10.6 Å². The van der Waals surface area contributed by atoms with Gasteiger partial charge in [0.1, 0.15) is 6.04 Å². The van der Waals surface area contributed by atoms with Crippen molar-refractivity contribution >= 4 is 21.7 Å². The third-order valence-electron chi connectivity index (χ3n) is 2.96. The molecule has 1 atom stereocenters. The number of benzene rings is 1. The second-order valence-electron chi connectivity index (χ2n) is 5.04. The second kappa shape index (κ2) is 7.21. The van der Waals surface area contributed by atoms with E-state index >= 15 is 0 Å². The highest BCUT2D eigenvalue weighted by molar-refractivity contribution is 7.91. The second-order valence-corrected chi connectivity index (χ2v) is 7.15. The fourth-order valence-electron chi connectivity index (χ4n) is 1.64. The van der Waals surface area contributed by atoms with E-state index in [0.29, 0.717) is 0 Å². The van der Waals surface area contributed by atoms with Gasteiger partial charge in [-0.2, -0.15) is 0 Å². The molecule has 0 aliphatic heterocycles. The molecule has 0 fully saturated rings. The minimum atomic E-state index is -3.50. The van der Waals surface area contributed by atoms with E-state index in [4.69, 9.17) is 5.73 Å². The normalized spacial score (nSPS) is 12.9. The van der Waals surface area contributed by atoms with Gasteiger partial charge in [0.25, 0.3) is 0 Å². The molecule has 1 rings (SSSR count). The quantitative estimate of drug-likeness (QED) is 0.763. The predicted octanol–water partition coefficient (Wildman–Crippen LogP) is 0.477. The van der Waals surface area contributed by atoms with Gasteiger partial charge in [-0.15, -0.1) is 0 Å². The van der Waals surface area contributed by atoms with Gasteiger partial charge < -0.3 is 11.1 Å². The van der Waals surface area contributed by atoms with Crippen LogP contribution in [0.25, 0.3) is 0 Å². The maximum absolute atomic E-state index is 12.1. The lowest BCUT2D eigenvalue weighted by Gasteiger charge is -2.17. The average Bonchev–Trinajstić information content (AvgIpc) is 2.43. The lowest BCUT2D eigenvalue weighted by atomic mass is 10.1. The van der Waals surface area contributed by atoms with Gasteiger partial charge in [-0.05, 0) is 18.6 Å². The lowest BCUT2D eigenvalue weighted by Crippen LogP contribution is -2.46. The number of carbonyl (C=O) groups excluding carboxylic acids is 2. The van der Waals surface area contributed by atoms with Crippen LogP contribution in [0.15, 0.2) is 35.2 Å². The van der Waals surface area contributed by atoms with E-state index in [1.165, 1.54) is 12.1 Å². The number of hydrogen-bond acceptors (Lipinski definition) is 4. The summed E-state index contributed by atoms with van der Waals surface area (Å²) in [5, 5.41) is 2.46. The van der Waals surface area contributed by atoms with Crippen LogP contribution in [0.5, 0.6) is 0 Å². The first-order valence-electron chi connectivity index (χ1n) is 6.61. The number of amides is 2. The maximum Gasteiger partial charge on any atom is 0.240 e. The molecule has 2 amide bonds. The van der Waals surface area contributed by atoms with Gasteiger partial charge in [0.15, 0.2) is 9.84 Å². The minimum absolute atomic E-state index is 0.0506. The summed E-state index contributed by atoms with van der Waals surface area (Å²) in [5.41, 5.74) is 5.20. The summed E-state index contributed by atoms with van der Waals surface area (Å²) in [5.74, 6) is -1.65. The van der Waals surface area contributed by atoms with E-state index < -0.39 is 21.8 Å². The molecule has 7 heteroatoms. The van der Waals surface area contributed by atoms with Crippen molar-refractivity contribution in [3.05, 3.63) is 30.3 Å². The van der Waals surface area contributed by atoms with Crippen molar-refractivity contribution in [3.63, 3.8) is 0 Å². The van der Waals surface area contributed by atoms with Gasteiger partial charge in [-0.25, -0.2) is 8.42 Å². The summed E-state index contributed by atoms with van der Waals surface area (Å²) in [6.07, 6.45) is -0.0506. The Morgan fingerprint density at radius 1 is 1.19 bits per heavy atom. The molecular weight excluding hydrogens is 292 g/mol. The van der Waals surface area contributed by atoms with E-state index in [2.05, 4.69) is 5.32 Å². The number of rotatable bonds is 7. The first-order chi connectivity index (χ1) is 9.74. The van der Waals surface area contributed by atoms with Crippen molar-refractivity contribution < 1.29 is 18.0 Å². The fraction of sp³-hybridized carbons (Fsp3) is 0.429. The van der Waals surface area contributed by atoms with Crippen molar-refractivity contribution in [3.8, 4) is 0 Å². The summed E-state index contributed by atoms with van der Waals surface area (Å²) in [6.45, 7) is 3.35. The third-order valence-corrected chi connectivity index (χ3v) is 4.73. The molecule has 0 aliphatic rings. The van der Waals surface area contributed by atoms with Crippen LogP contribution in [-0.4, -0.2) is 32.0 Å². The van der Waals surface area contributed by atoms with E-state index in [1.54, 1.807) is 32.0 Å². The molecule has 0 aliphatic carbocycles. The third kappa shape index (κ3) is 5.18. The number of sulfone groups is 1. The Kier molecular flexibility index (Phi) is 5.90. The zero-order valence-electron chi connectivity index (χ0n) is 12.1. The fourth-order valence-corrected chi connectivity index (χ4v) is 3.00. The van der Waals surface area contributed by atoms with E-state index in [1.807, 2.05) is 0 Å². The summed E-state index contributed by atoms with van der Waals surface area (Å²) in [6, 6.07) is 6.95. The highest BCUT2D eigenvalue weighted by atomic mass is 32.2. The molecule has 0 aromatic heterocycles. The molecule has 3 N–H and O–H groups in total. The monoisotopic (exact) mass is 312 g/mol. The predicted molar refractivity (Wildman–Crippen MR) is 79.1 cm³/mol. The van der Waals surface area contributed by atoms with Crippen LogP contribution in [-0.2, 0) is 19.4 Å². The molecule has 0 heterocycles. The standard InChI is InChI=1S/C14H20N2O4S/c1-10(2)14(18)16-12(13(15)17)8-9-21(19,20)11-6-4-3-5-7-11/h3-7,10,12H,8-9H2,1-2H3,(H2,15,17)(H,16,18)/t12-/m0/s1. The van der Waals surface area contributed by atoms with Gasteiger partial charge in [-0.1, -0.05) is 32.0 Å². The number of hydrogen-bond donors (Lipinski definition) is 2. The van der Waals surface area contributed by atoms with Crippen LogP contribution < -0.4 is 11.1 Å². The molecule has 6 nitrogen and oxygen atoms in total. The van der Waals surface area contributed by atoms with Crippen molar-refractivity contribution in [1.82, 2.24) is 5.32 Å². The van der Waals surface area contributed by atoms with Crippen molar-refractivity contribution in [2.45, 2.75) is 31.2 Å². The summed E-state index contributed by atoms with van der Waals surface area (Å²) >= 11 is 0. The van der Waals surface area contributed by atoms with Crippen LogP contribution in [0.1, 0.15) is 20.3 Å². The molecule has 116 valence electrons. The van der Waals surface area contributed by atoms with E-state index in [0.717, 1.165) is 0 Å². The molecule has 0 saturated heterocycles. The molecular formula is C14H20N2O4S. The van der Waals surface area contributed by atoms with Crippen molar-refractivity contribution in [2.24, 2.45) is 11.7 Å². The maximum atomic E-state index is 12.1. The smallest absolute Gasteiger partial charge is 0.240 e. The van der Waals surface area contributed by atoms with E-state index in [9.17, 15) is 18.0 Å². The zero-order valence-corrected chi connectivity index (χ0v) is 12.9. The Morgan fingerprint density at radius 3 is 2.24 bits per heavy atom. The molecule has 0 bridgehead atoms. The highest BCUT2D eigenvalue weighted by Crippen LogP contribution is 2.12. The molecule has 0 unspecified atom stereocenters. The zero-order chi connectivity index (χ0) is 16.0. The Morgan fingerprint density at radius 2 is 1.76 bits per heavy atom. The molecule has 0 saturated carbocycles. The first kappa shape index (κ1) is 17.2. The van der Waals surface area contributed by atoms with Crippen molar-refractivity contribution in [2.75, 3.05) is 5.75 Å². The molecule has 0 radical (unpaired) electrons. The van der Waals surface area contributed by atoms with Gasteiger partial charge in [0, 0.05) is 5.92 Å². The van der Waals surface area contributed by atoms with Gasteiger partial charge in [0.2, 0.25) is 11.8 Å². The molecule has 21 heavy (non-hydrogen) atoms. The highest BCUT2D eigenvalue weighted by Gasteiger charge is 2.23.